The van der Waals surface area contributed by atoms with Gasteiger partial charge in [-0.2, -0.15) is 9.97 Å². The van der Waals surface area contributed by atoms with Crippen molar-refractivity contribution < 1.29 is 32.3 Å². The fraction of sp³-hybridized carbons (Fsp3) is 0.545. The van der Waals surface area contributed by atoms with E-state index in [0.717, 1.165) is 24.8 Å². The van der Waals surface area contributed by atoms with Crippen LogP contribution in [0.4, 0.5) is 0 Å². The standard InChI is InChI=1S/C33H41N5O7S/c1-32(14-15-32)46(42,43)37-31(41)33-20-22(33)13-9-4-5-10-16-38(2)30(40)25-18-23(17-24(25)29(39)36-33)45-27-19-26(44-3)34-28(35-27)21-11-7-6-8-12-21/h6-9,11-13,19,22-25H,4-5,10,14-18,20H2,1-3H3,(H,36,39)(H,37,41). The van der Waals surface area contributed by atoms with Gasteiger partial charge in [-0.3, -0.25) is 19.1 Å². The van der Waals surface area contributed by atoms with Crippen LogP contribution in [0.25, 0.3) is 11.4 Å². The average molecular weight is 652 g/mol. The number of hydrogen-bond acceptors (Lipinski definition) is 9. The molecular formula is C33H41N5O7S. The quantitative estimate of drug-likeness (QED) is 0.430. The smallest absolute Gasteiger partial charge is 0.259 e. The first-order valence-corrected chi connectivity index (χ1v) is 17.4. The third kappa shape index (κ3) is 6.33. The Morgan fingerprint density at radius 2 is 1.78 bits per heavy atom. The summed E-state index contributed by atoms with van der Waals surface area (Å²) in [5.74, 6) is -2.24. The van der Waals surface area contributed by atoms with Crippen LogP contribution >= 0.6 is 0 Å². The number of carbonyl (C=O) groups excluding carboxylic acids is 3. The van der Waals surface area contributed by atoms with Crippen molar-refractivity contribution in [2.45, 2.75) is 74.7 Å². The zero-order chi connectivity index (χ0) is 32.7. The molecule has 246 valence electrons. The van der Waals surface area contributed by atoms with Gasteiger partial charge in [0.1, 0.15) is 11.6 Å². The van der Waals surface area contributed by atoms with Crippen LogP contribution in [0, 0.1) is 17.8 Å². The van der Waals surface area contributed by atoms with Gasteiger partial charge in [-0.15, -0.1) is 0 Å². The molecule has 1 aliphatic heterocycles. The lowest BCUT2D eigenvalue weighted by Gasteiger charge is -2.27. The van der Waals surface area contributed by atoms with Crippen molar-refractivity contribution in [2.24, 2.45) is 17.8 Å². The number of sulfonamides is 1. The third-order valence-corrected chi connectivity index (χ3v) is 12.0. The molecule has 1 aromatic heterocycles. The van der Waals surface area contributed by atoms with Crippen LogP contribution in [0.15, 0.2) is 48.6 Å². The molecule has 0 radical (unpaired) electrons. The van der Waals surface area contributed by atoms with E-state index in [2.05, 4.69) is 20.0 Å². The third-order valence-electron chi connectivity index (χ3n) is 9.84. The molecule has 0 bridgehead atoms. The molecule has 3 saturated carbocycles. The van der Waals surface area contributed by atoms with E-state index in [-0.39, 0.29) is 37.0 Å². The Hall–Kier alpha value is -4.00. The topological polar surface area (TPSA) is 157 Å². The van der Waals surface area contributed by atoms with Crippen molar-refractivity contribution in [2.75, 3.05) is 20.7 Å². The predicted molar refractivity (Wildman–Crippen MR) is 169 cm³/mol. The molecule has 3 aliphatic carbocycles. The van der Waals surface area contributed by atoms with Gasteiger partial charge in [-0.25, -0.2) is 8.42 Å². The van der Waals surface area contributed by atoms with E-state index in [1.54, 1.807) is 24.9 Å². The molecular weight excluding hydrogens is 610 g/mol. The van der Waals surface area contributed by atoms with Crippen molar-refractivity contribution >= 4 is 27.7 Å². The van der Waals surface area contributed by atoms with Crippen LogP contribution in [-0.2, 0) is 24.4 Å². The van der Waals surface area contributed by atoms with Crippen LogP contribution in [0.5, 0.6) is 11.8 Å². The van der Waals surface area contributed by atoms with E-state index in [1.165, 1.54) is 7.11 Å². The molecule has 12 nitrogen and oxygen atoms in total. The highest BCUT2D eigenvalue weighted by Gasteiger charge is 2.63. The molecule has 5 unspecified atom stereocenters. The number of hydrogen-bond donors (Lipinski definition) is 2. The zero-order valence-electron chi connectivity index (χ0n) is 26.4. The summed E-state index contributed by atoms with van der Waals surface area (Å²) in [6.45, 7) is 2.16. The monoisotopic (exact) mass is 651 g/mol. The van der Waals surface area contributed by atoms with Gasteiger partial charge in [0.2, 0.25) is 33.6 Å². The van der Waals surface area contributed by atoms with Crippen molar-refractivity contribution in [3.8, 4) is 23.1 Å². The molecule has 3 fully saturated rings. The van der Waals surface area contributed by atoms with Crippen molar-refractivity contribution in [1.82, 2.24) is 24.9 Å². The average Bonchev–Trinajstić information content (AvgIpc) is 3.92. The van der Waals surface area contributed by atoms with Gasteiger partial charge >= 0.3 is 0 Å². The minimum absolute atomic E-state index is 0.167. The molecule has 0 saturated heterocycles. The number of carbonyl (C=O) groups is 3. The van der Waals surface area contributed by atoms with Gasteiger partial charge in [-0.1, -0.05) is 42.5 Å². The first kappa shape index (κ1) is 32.0. The van der Waals surface area contributed by atoms with Gasteiger partial charge < -0.3 is 19.7 Å². The van der Waals surface area contributed by atoms with E-state index >= 15 is 0 Å². The van der Waals surface area contributed by atoms with Gasteiger partial charge in [0.25, 0.3) is 5.91 Å². The second-order valence-electron chi connectivity index (χ2n) is 13.2. The van der Waals surface area contributed by atoms with Gasteiger partial charge in [0.15, 0.2) is 5.82 Å². The zero-order valence-corrected chi connectivity index (χ0v) is 27.2. The second kappa shape index (κ2) is 12.3. The van der Waals surface area contributed by atoms with Crippen molar-refractivity contribution in [3.05, 3.63) is 48.6 Å². The predicted octanol–water partition coefficient (Wildman–Crippen LogP) is 3.00. The van der Waals surface area contributed by atoms with Crippen LogP contribution in [0.2, 0.25) is 0 Å². The Kier molecular flexibility index (Phi) is 8.55. The van der Waals surface area contributed by atoms with Crippen LogP contribution in [0.1, 0.15) is 58.3 Å². The molecule has 2 N–H and O–H groups in total. The lowest BCUT2D eigenvalue weighted by Crippen LogP contribution is -2.55. The van der Waals surface area contributed by atoms with E-state index in [4.69, 9.17) is 9.47 Å². The van der Waals surface area contributed by atoms with Gasteiger partial charge in [-0.05, 0) is 58.3 Å². The second-order valence-corrected chi connectivity index (χ2v) is 15.4. The minimum atomic E-state index is -3.91. The number of ether oxygens (including phenoxy) is 2. The Labute approximate surface area is 269 Å². The highest BCUT2D eigenvalue weighted by atomic mass is 32.2. The highest BCUT2D eigenvalue weighted by molar-refractivity contribution is 7.91. The molecule has 3 amide bonds. The van der Waals surface area contributed by atoms with Crippen LogP contribution in [0.3, 0.4) is 0 Å². The number of amides is 3. The Bertz CT molecular complexity index is 1640. The maximum absolute atomic E-state index is 14.0. The number of fused-ring (bicyclic) bond motifs is 2. The fourth-order valence-electron chi connectivity index (χ4n) is 6.45. The summed E-state index contributed by atoms with van der Waals surface area (Å²) in [7, 11) is -0.669. The summed E-state index contributed by atoms with van der Waals surface area (Å²) in [6, 6.07) is 11.0. The molecule has 5 atom stereocenters. The molecule has 1 aromatic carbocycles. The Balaban J connectivity index is 1.26. The Morgan fingerprint density at radius 3 is 2.50 bits per heavy atom. The summed E-state index contributed by atoms with van der Waals surface area (Å²) in [5.41, 5.74) is -0.629. The molecule has 6 rings (SSSR count). The molecule has 13 heteroatoms. The molecule has 46 heavy (non-hydrogen) atoms. The van der Waals surface area contributed by atoms with Crippen molar-refractivity contribution in [1.29, 1.82) is 0 Å². The highest BCUT2D eigenvalue weighted by Crippen LogP contribution is 2.48. The first-order chi connectivity index (χ1) is 21.9. The van der Waals surface area contributed by atoms with E-state index in [9.17, 15) is 22.8 Å². The van der Waals surface area contributed by atoms with E-state index in [1.807, 2.05) is 42.5 Å². The van der Waals surface area contributed by atoms with Crippen molar-refractivity contribution in [3.63, 3.8) is 0 Å². The van der Waals surface area contributed by atoms with E-state index in [0.29, 0.717) is 31.1 Å². The minimum Gasteiger partial charge on any atom is -0.481 e. The maximum atomic E-state index is 14.0. The molecule has 4 aliphatic rings. The number of nitrogens with one attached hydrogen (secondary N) is 2. The Morgan fingerprint density at radius 1 is 1.07 bits per heavy atom. The fourth-order valence-corrected chi connectivity index (χ4v) is 7.76. The normalized spacial score (nSPS) is 29.1. The van der Waals surface area contributed by atoms with E-state index < -0.39 is 50.1 Å². The van der Waals surface area contributed by atoms with Gasteiger partial charge in [0, 0.05) is 25.1 Å². The number of methoxy groups -OCH3 is 1. The van der Waals surface area contributed by atoms with Crippen LogP contribution in [-0.4, -0.2) is 78.1 Å². The molecule has 2 aromatic rings. The summed E-state index contributed by atoms with van der Waals surface area (Å²) in [6.07, 6.45) is 7.42. The largest absolute Gasteiger partial charge is 0.481 e. The number of rotatable bonds is 7. The number of benzene rings is 1. The summed E-state index contributed by atoms with van der Waals surface area (Å²) < 4.78 is 38.9. The lowest BCUT2D eigenvalue weighted by atomic mass is 9.93. The summed E-state index contributed by atoms with van der Waals surface area (Å²) >= 11 is 0. The maximum Gasteiger partial charge on any atom is 0.259 e. The SMILES string of the molecule is COc1cc(OC2CC3C(=O)NC4(C(=O)NS(=O)(=O)C5(C)CC5)CC4C=CCCCCN(C)C(=O)C3C2)nc(-c2ccccc2)n1. The van der Waals surface area contributed by atoms with Crippen LogP contribution < -0.4 is 19.5 Å². The number of nitrogens with zero attached hydrogens (tertiary/aromatic N) is 3. The number of allylic oxidation sites excluding steroid dienone is 1. The summed E-state index contributed by atoms with van der Waals surface area (Å²) in [4.78, 5) is 52.1. The lowest BCUT2D eigenvalue weighted by molar-refractivity contribution is -0.140. The summed E-state index contributed by atoms with van der Waals surface area (Å²) in [5, 5.41) is 2.92. The number of aromatic nitrogens is 2. The molecule has 0 spiro atoms. The molecule has 2 heterocycles. The first-order valence-electron chi connectivity index (χ1n) is 15.9. The van der Waals surface area contributed by atoms with Gasteiger partial charge in [0.05, 0.1) is 29.8 Å².